The number of nitrogens with zero attached hydrogens (tertiary/aromatic N) is 5. The lowest BCUT2D eigenvalue weighted by atomic mass is 10.2. The summed E-state index contributed by atoms with van der Waals surface area (Å²) in [6.45, 7) is 2.26. The molecule has 2 aromatic heterocycles. The van der Waals surface area contributed by atoms with Gasteiger partial charge in [-0.3, -0.25) is 14.3 Å². The van der Waals surface area contributed by atoms with Crippen LogP contribution < -0.4 is 10.2 Å². The van der Waals surface area contributed by atoms with Crippen LogP contribution in [0.5, 0.6) is 11.5 Å². The van der Waals surface area contributed by atoms with E-state index < -0.39 is 0 Å². The van der Waals surface area contributed by atoms with Crippen molar-refractivity contribution >= 4 is 39.8 Å². The minimum Gasteiger partial charge on any atom is -0.504 e. The molecule has 0 fully saturated rings. The molecule has 0 saturated carbocycles. The van der Waals surface area contributed by atoms with Gasteiger partial charge in [0.05, 0.1) is 18.6 Å². The Kier molecular flexibility index (Phi) is 8.11. The molecule has 9 nitrogen and oxygen atoms in total. The van der Waals surface area contributed by atoms with Crippen molar-refractivity contribution in [3.05, 3.63) is 77.0 Å². The van der Waals surface area contributed by atoms with Gasteiger partial charge in [-0.25, -0.2) is 5.43 Å². The number of para-hydroxylation sites is 1. The molecule has 0 aliphatic heterocycles. The SMILES string of the molecule is CCOc1cccc(C=NNC(=O)CSc2nnc(-c3ccncc3)n2-c2ccc(Br)cc2)c1O. The number of phenols is 1. The standard InChI is InChI=1S/C24H21BrN6O3S/c1-2-34-20-5-3-4-17(22(20)33)14-27-28-21(32)15-35-24-30-29-23(16-10-12-26-13-11-16)31(24)19-8-6-18(25)7-9-19/h3-14,33H,2,15H2,1H3,(H,28,32). The number of phenolic OH excluding ortho intramolecular Hbond substituents is 1. The lowest BCUT2D eigenvalue weighted by molar-refractivity contribution is -0.118. The molecule has 2 N–H and O–H groups in total. The number of benzene rings is 2. The molecule has 0 saturated heterocycles. The normalized spacial score (nSPS) is 11.0. The third-order valence-corrected chi connectivity index (χ3v) is 6.17. The molecule has 0 unspecified atom stereocenters. The van der Waals surface area contributed by atoms with Crippen LogP contribution in [-0.2, 0) is 4.79 Å². The number of hydrogen-bond acceptors (Lipinski definition) is 8. The number of hydrazone groups is 1. The number of aromatic nitrogens is 4. The largest absolute Gasteiger partial charge is 0.504 e. The van der Waals surface area contributed by atoms with E-state index in [0.717, 1.165) is 15.7 Å². The fourth-order valence-corrected chi connectivity index (χ4v) is 4.13. The maximum atomic E-state index is 12.4. The summed E-state index contributed by atoms with van der Waals surface area (Å²) in [5.74, 6) is 0.694. The Bertz CT molecular complexity index is 1330. The van der Waals surface area contributed by atoms with E-state index in [2.05, 4.69) is 41.6 Å². The Morgan fingerprint density at radius 1 is 1.17 bits per heavy atom. The van der Waals surface area contributed by atoms with Gasteiger partial charge >= 0.3 is 0 Å². The molecule has 178 valence electrons. The molecule has 0 bridgehead atoms. The van der Waals surface area contributed by atoms with Crippen LogP contribution in [0.4, 0.5) is 0 Å². The van der Waals surface area contributed by atoms with Crippen molar-refractivity contribution < 1.29 is 14.6 Å². The van der Waals surface area contributed by atoms with Crippen LogP contribution in [0.15, 0.2) is 81.7 Å². The molecule has 0 spiro atoms. The number of nitrogens with one attached hydrogen (secondary N) is 1. The van der Waals surface area contributed by atoms with Crippen molar-refractivity contribution in [2.75, 3.05) is 12.4 Å². The second-order valence-corrected chi connectivity index (χ2v) is 8.92. The number of carbonyl (C=O) groups is 1. The van der Waals surface area contributed by atoms with E-state index in [1.165, 1.54) is 18.0 Å². The maximum absolute atomic E-state index is 12.4. The van der Waals surface area contributed by atoms with Gasteiger partial charge in [-0.1, -0.05) is 33.8 Å². The highest BCUT2D eigenvalue weighted by molar-refractivity contribution is 9.10. The summed E-state index contributed by atoms with van der Waals surface area (Å²) in [6, 6.07) is 16.5. The second-order valence-electron chi connectivity index (χ2n) is 7.06. The summed E-state index contributed by atoms with van der Waals surface area (Å²) in [6.07, 6.45) is 4.75. The van der Waals surface area contributed by atoms with Gasteiger partial charge in [0.25, 0.3) is 5.91 Å². The van der Waals surface area contributed by atoms with Crippen LogP contribution in [0.1, 0.15) is 12.5 Å². The quantitative estimate of drug-likeness (QED) is 0.179. The molecule has 4 aromatic rings. The van der Waals surface area contributed by atoms with Crippen LogP contribution in [0.2, 0.25) is 0 Å². The molecule has 1 amide bonds. The average molecular weight is 553 g/mol. The molecule has 11 heteroatoms. The van der Waals surface area contributed by atoms with Crippen molar-refractivity contribution in [2.24, 2.45) is 5.10 Å². The van der Waals surface area contributed by atoms with Crippen LogP contribution in [0, 0.1) is 0 Å². The van der Waals surface area contributed by atoms with Crippen LogP contribution in [-0.4, -0.2) is 49.3 Å². The first-order valence-corrected chi connectivity index (χ1v) is 12.4. The van der Waals surface area contributed by atoms with E-state index in [1.807, 2.05) is 47.9 Å². The van der Waals surface area contributed by atoms with Crippen molar-refractivity contribution in [3.8, 4) is 28.6 Å². The third kappa shape index (κ3) is 6.06. The van der Waals surface area contributed by atoms with Gasteiger partial charge in [0, 0.05) is 33.7 Å². The van der Waals surface area contributed by atoms with E-state index in [4.69, 9.17) is 4.74 Å². The first kappa shape index (κ1) is 24.4. The van der Waals surface area contributed by atoms with E-state index in [1.54, 1.807) is 30.6 Å². The Morgan fingerprint density at radius 2 is 1.94 bits per heavy atom. The highest BCUT2D eigenvalue weighted by Gasteiger charge is 2.17. The predicted octanol–water partition coefficient (Wildman–Crippen LogP) is 4.44. The molecule has 0 aliphatic rings. The molecule has 0 radical (unpaired) electrons. The number of hydrogen-bond donors (Lipinski definition) is 2. The third-order valence-electron chi connectivity index (χ3n) is 4.71. The molecular formula is C24H21BrN6O3S. The number of aromatic hydroxyl groups is 1. The number of thioether (sulfide) groups is 1. The Hall–Kier alpha value is -3.70. The number of carbonyl (C=O) groups excluding carboxylic acids is 1. The molecule has 2 heterocycles. The number of rotatable bonds is 9. The van der Waals surface area contributed by atoms with Gasteiger partial charge in [0.1, 0.15) is 0 Å². The fraction of sp³-hybridized carbons (Fsp3) is 0.125. The maximum Gasteiger partial charge on any atom is 0.250 e. The highest BCUT2D eigenvalue weighted by atomic mass is 79.9. The fourth-order valence-electron chi connectivity index (χ4n) is 3.13. The monoisotopic (exact) mass is 552 g/mol. The molecule has 35 heavy (non-hydrogen) atoms. The minimum absolute atomic E-state index is 0.0343. The predicted molar refractivity (Wildman–Crippen MR) is 138 cm³/mol. The zero-order valence-electron chi connectivity index (χ0n) is 18.6. The molecule has 0 atom stereocenters. The van der Waals surface area contributed by atoms with Crippen LogP contribution in [0.3, 0.4) is 0 Å². The summed E-state index contributed by atoms with van der Waals surface area (Å²) >= 11 is 4.69. The highest BCUT2D eigenvalue weighted by Crippen LogP contribution is 2.29. The van der Waals surface area contributed by atoms with E-state index in [0.29, 0.717) is 28.9 Å². The van der Waals surface area contributed by atoms with Gasteiger partial charge in [-0.05, 0) is 55.5 Å². The lowest BCUT2D eigenvalue weighted by Gasteiger charge is -2.10. The van der Waals surface area contributed by atoms with E-state index in [9.17, 15) is 9.90 Å². The summed E-state index contributed by atoms with van der Waals surface area (Å²) < 4.78 is 8.19. The first-order valence-electron chi connectivity index (χ1n) is 10.6. The van der Waals surface area contributed by atoms with Crippen molar-refractivity contribution in [3.63, 3.8) is 0 Å². The van der Waals surface area contributed by atoms with Gasteiger partial charge < -0.3 is 9.84 Å². The van der Waals surface area contributed by atoms with E-state index >= 15 is 0 Å². The van der Waals surface area contributed by atoms with Gasteiger partial charge in [0.15, 0.2) is 22.5 Å². The van der Waals surface area contributed by atoms with Crippen molar-refractivity contribution in [2.45, 2.75) is 12.1 Å². The first-order chi connectivity index (χ1) is 17.1. The molecule has 4 rings (SSSR count). The summed E-state index contributed by atoms with van der Waals surface area (Å²) in [7, 11) is 0. The number of pyridine rings is 1. The number of ether oxygens (including phenoxy) is 1. The summed E-state index contributed by atoms with van der Waals surface area (Å²) in [5, 5.41) is 23.4. The van der Waals surface area contributed by atoms with Crippen LogP contribution >= 0.6 is 27.7 Å². The lowest BCUT2D eigenvalue weighted by Crippen LogP contribution is -2.20. The van der Waals surface area contributed by atoms with Gasteiger partial charge in [-0.2, -0.15) is 5.10 Å². The van der Waals surface area contributed by atoms with Gasteiger partial charge in [0.2, 0.25) is 0 Å². The zero-order valence-corrected chi connectivity index (χ0v) is 21.0. The molecule has 2 aromatic carbocycles. The molecule has 0 aliphatic carbocycles. The summed E-state index contributed by atoms with van der Waals surface area (Å²) in [4.78, 5) is 16.5. The second kappa shape index (κ2) is 11.6. The number of halogens is 1. The van der Waals surface area contributed by atoms with Crippen molar-refractivity contribution in [1.82, 2.24) is 25.2 Å². The summed E-state index contributed by atoms with van der Waals surface area (Å²) in [5.41, 5.74) is 4.61. The Balaban J connectivity index is 1.47. The number of amides is 1. The zero-order chi connectivity index (χ0) is 24.6. The minimum atomic E-state index is -0.331. The topological polar surface area (TPSA) is 115 Å². The molecular weight excluding hydrogens is 532 g/mol. The Labute approximate surface area is 214 Å². The smallest absolute Gasteiger partial charge is 0.250 e. The average Bonchev–Trinajstić information content (AvgIpc) is 3.30. The van der Waals surface area contributed by atoms with E-state index in [-0.39, 0.29) is 17.4 Å². The Morgan fingerprint density at radius 3 is 2.69 bits per heavy atom. The van der Waals surface area contributed by atoms with Crippen LogP contribution in [0.25, 0.3) is 17.1 Å². The van der Waals surface area contributed by atoms with Crippen molar-refractivity contribution in [1.29, 1.82) is 0 Å². The van der Waals surface area contributed by atoms with Gasteiger partial charge in [-0.15, -0.1) is 10.2 Å².